The van der Waals surface area contributed by atoms with Gasteiger partial charge in [-0.05, 0) is 11.4 Å². The second-order valence-corrected chi connectivity index (χ2v) is 7.83. The third-order valence-corrected chi connectivity index (χ3v) is 6.01. The normalized spacial score (nSPS) is 12.0. The van der Waals surface area contributed by atoms with Crippen molar-refractivity contribution in [2.24, 2.45) is 0 Å². The Labute approximate surface area is 180 Å². The molecule has 2 heterocycles. The molecule has 8 heteroatoms. The molecule has 4 rings (SSSR count). The van der Waals surface area contributed by atoms with Crippen molar-refractivity contribution in [2.75, 3.05) is 7.11 Å². The number of hydrogen-bond acceptors (Lipinski definition) is 8. The minimum absolute atomic E-state index is 0.0213. The summed E-state index contributed by atoms with van der Waals surface area (Å²) in [6, 6.07) is 13.6. The fourth-order valence-corrected chi connectivity index (χ4v) is 4.36. The fraction of sp³-hybridized carbons (Fsp3) is 0.130. The van der Waals surface area contributed by atoms with Gasteiger partial charge in [0.15, 0.2) is 16.9 Å². The van der Waals surface area contributed by atoms with E-state index in [1.54, 1.807) is 41.8 Å². The van der Waals surface area contributed by atoms with Gasteiger partial charge in [0.05, 0.1) is 19.1 Å². The van der Waals surface area contributed by atoms with Gasteiger partial charge < -0.3 is 24.5 Å². The molecule has 0 aliphatic heterocycles. The highest BCUT2D eigenvalue weighted by atomic mass is 32.1. The van der Waals surface area contributed by atoms with Crippen molar-refractivity contribution in [2.45, 2.75) is 12.3 Å². The highest BCUT2D eigenvalue weighted by molar-refractivity contribution is 7.10. The van der Waals surface area contributed by atoms with Gasteiger partial charge in [-0.1, -0.05) is 36.4 Å². The van der Waals surface area contributed by atoms with Crippen LogP contribution in [0.3, 0.4) is 0 Å². The second kappa shape index (κ2) is 8.16. The maximum absolute atomic E-state index is 12.9. The number of aromatic hydroxyl groups is 3. The first kappa shape index (κ1) is 20.5. The predicted molar refractivity (Wildman–Crippen MR) is 116 cm³/mol. The molecule has 0 aliphatic rings. The lowest BCUT2D eigenvalue weighted by atomic mass is 9.90. The van der Waals surface area contributed by atoms with Crippen LogP contribution in [-0.4, -0.2) is 28.4 Å². The minimum atomic E-state index is -0.853. The second-order valence-electron chi connectivity index (χ2n) is 6.85. The zero-order valence-corrected chi connectivity index (χ0v) is 17.2. The Hall–Kier alpha value is -3.78. The van der Waals surface area contributed by atoms with Gasteiger partial charge in [-0.2, -0.15) is 0 Å². The van der Waals surface area contributed by atoms with E-state index in [0.29, 0.717) is 10.4 Å². The Morgan fingerprint density at radius 1 is 1.06 bits per heavy atom. The van der Waals surface area contributed by atoms with E-state index in [2.05, 4.69) is 0 Å². The molecule has 1 atom stereocenters. The lowest BCUT2D eigenvalue weighted by Gasteiger charge is -2.19. The van der Waals surface area contributed by atoms with E-state index in [1.807, 2.05) is 6.07 Å². The summed E-state index contributed by atoms with van der Waals surface area (Å²) in [6.45, 7) is 0. The van der Waals surface area contributed by atoms with E-state index in [9.17, 15) is 24.9 Å². The quantitative estimate of drug-likeness (QED) is 0.313. The van der Waals surface area contributed by atoms with Gasteiger partial charge >= 0.3 is 5.97 Å². The Balaban J connectivity index is 2.08. The molecule has 2 aromatic carbocycles. The molecular formula is C23H18O7S. The van der Waals surface area contributed by atoms with E-state index in [0.717, 1.165) is 0 Å². The molecule has 0 aliphatic carbocycles. The number of hydrogen-bond donors (Lipinski definition) is 3. The number of benzene rings is 2. The van der Waals surface area contributed by atoms with Crippen LogP contribution < -0.4 is 5.43 Å². The van der Waals surface area contributed by atoms with Crippen LogP contribution in [0.5, 0.6) is 17.2 Å². The van der Waals surface area contributed by atoms with E-state index >= 15 is 0 Å². The van der Waals surface area contributed by atoms with Gasteiger partial charge in [0, 0.05) is 22.4 Å². The summed E-state index contributed by atoms with van der Waals surface area (Å²) >= 11 is 1.33. The van der Waals surface area contributed by atoms with Gasteiger partial charge in [0.25, 0.3) is 0 Å². The van der Waals surface area contributed by atoms with Crippen LogP contribution in [0.15, 0.2) is 63.1 Å². The first-order valence-electron chi connectivity index (χ1n) is 9.32. The maximum Gasteiger partial charge on any atom is 0.306 e. The van der Waals surface area contributed by atoms with Crippen LogP contribution in [-0.2, 0) is 9.53 Å². The average Bonchev–Trinajstić information content (AvgIpc) is 3.31. The van der Waals surface area contributed by atoms with Crippen molar-refractivity contribution >= 4 is 28.3 Å². The number of fused-ring (bicyclic) bond motifs is 1. The highest BCUT2D eigenvalue weighted by Crippen LogP contribution is 2.49. The smallest absolute Gasteiger partial charge is 0.306 e. The van der Waals surface area contributed by atoms with Gasteiger partial charge in [-0.3, -0.25) is 9.59 Å². The number of rotatable bonds is 5. The SMILES string of the molecule is COC(=O)C[C@@H](c1cccs1)c1c(O)c(O)c(O)c2c(=O)cc(-c3ccccc3)oc12. The third kappa shape index (κ3) is 3.62. The van der Waals surface area contributed by atoms with Gasteiger partial charge in [-0.15, -0.1) is 11.3 Å². The number of phenolic OH excluding ortho intramolecular Hbond substituents is 3. The fourth-order valence-electron chi connectivity index (χ4n) is 3.53. The predicted octanol–water partition coefficient (Wildman–Crippen LogP) is 4.33. The number of esters is 1. The summed E-state index contributed by atoms with van der Waals surface area (Å²) in [5.74, 6) is -3.43. The van der Waals surface area contributed by atoms with Crippen molar-refractivity contribution in [1.29, 1.82) is 0 Å². The van der Waals surface area contributed by atoms with Crippen molar-refractivity contribution in [3.63, 3.8) is 0 Å². The molecule has 0 saturated heterocycles. The summed E-state index contributed by atoms with van der Waals surface area (Å²) in [6.07, 6.45) is -0.177. The largest absolute Gasteiger partial charge is 0.504 e. The summed E-state index contributed by atoms with van der Waals surface area (Å²) in [7, 11) is 1.24. The summed E-state index contributed by atoms with van der Waals surface area (Å²) in [5, 5.41) is 33.0. The molecule has 4 aromatic rings. The lowest BCUT2D eigenvalue weighted by molar-refractivity contribution is -0.140. The number of carbonyl (C=O) groups excluding carboxylic acids is 1. The van der Waals surface area contributed by atoms with Crippen LogP contribution >= 0.6 is 11.3 Å². The molecule has 0 spiro atoms. The monoisotopic (exact) mass is 438 g/mol. The Bertz CT molecular complexity index is 1310. The van der Waals surface area contributed by atoms with Crippen molar-refractivity contribution < 1.29 is 29.3 Å². The lowest BCUT2D eigenvalue weighted by Crippen LogP contribution is -2.11. The van der Waals surface area contributed by atoms with Crippen LogP contribution in [0.4, 0.5) is 0 Å². The van der Waals surface area contributed by atoms with Gasteiger partial charge in [-0.25, -0.2) is 0 Å². The number of methoxy groups -OCH3 is 1. The molecule has 31 heavy (non-hydrogen) atoms. The topological polar surface area (TPSA) is 117 Å². The number of thiophene rings is 1. The molecular weight excluding hydrogens is 420 g/mol. The molecule has 0 bridgehead atoms. The molecule has 7 nitrogen and oxygen atoms in total. The number of carbonyl (C=O) groups is 1. The molecule has 2 aromatic heterocycles. The standard InChI is InChI=1S/C23H18O7S/c1-29-17(25)10-13(16-8-5-9-31-16)18-20(26)22(28)21(27)19-14(24)11-15(30-23(18)19)12-6-3-2-4-7-12/h2-9,11,13,26-28H,10H2,1H3/t13-/m0/s1. The van der Waals surface area contributed by atoms with E-state index in [1.165, 1.54) is 24.5 Å². The highest BCUT2D eigenvalue weighted by Gasteiger charge is 2.31. The van der Waals surface area contributed by atoms with Crippen molar-refractivity contribution in [3.8, 4) is 28.6 Å². The van der Waals surface area contributed by atoms with E-state index < -0.39 is 34.6 Å². The first-order valence-corrected chi connectivity index (χ1v) is 10.2. The summed E-state index contributed by atoms with van der Waals surface area (Å²) < 4.78 is 10.8. The van der Waals surface area contributed by atoms with Gasteiger partial charge in [0.2, 0.25) is 5.75 Å². The first-order chi connectivity index (χ1) is 14.9. The Morgan fingerprint density at radius 2 is 1.81 bits per heavy atom. The zero-order chi connectivity index (χ0) is 22.1. The summed E-state index contributed by atoms with van der Waals surface area (Å²) in [4.78, 5) is 25.7. The molecule has 0 amide bonds. The third-order valence-electron chi connectivity index (χ3n) is 5.02. The minimum Gasteiger partial charge on any atom is -0.504 e. The zero-order valence-electron chi connectivity index (χ0n) is 16.4. The Kier molecular flexibility index (Phi) is 5.39. The molecule has 0 unspecified atom stereocenters. The van der Waals surface area contributed by atoms with Crippen LogP contribution in [0.1, 0.15) is 22.8 Å². The maximum atomic E-state index is 12.9. The number of phenols is 3. The molecule has 0 fully saturated rings. The average molecular weight is 438 g/mol. The van der Waals surface area contributed by atoms with Crippen LogP contribution in [0.2, 0.25) is 0 Å². The van der Waals surface area contributed by atoms with Crippen molar-refractivity contribution in [3.05, 3.63) is 74.6 Å². The van der Waals surface area contributed by atoms with E-state index in [-0.39, 0.29) is 28.7 Å². The van der Waals surface area contributed by atoms with Crippen molar-refractivity contribution in [1.82, 2.24) is 0 Å². The molecule has 0 radical (unpaired) electrons. The molecule has 3 N–H and O–H groups in total. The number of ether oxygens (including phenoxy) is 1. The van der Waals surface area contributed by atoms with Crippen LogP contribution in [0, 0.1) is 0 Å². The Morgan fingerprint density at radius 3 is 2.45 bits per heavy atom. The molecule has 0 saturated carbocycles. The van der Waals surface area contributed by atoms with E-state index in [4.69, 9.17) is 9.15 Å². The van der Waals surface area contributed by atoms with Gasteiger partial charge in [0.1, 0.15) is 16.7 Å². The summed E-state index contributed by atoms with van der Waals surface area (Å²) in [5.41, 5.74) is -0.0771. The van der Waals surface area contributed by atoms with Crippen LogP contribution in [0.25, 0.3) is 22.3 Å². The molecule has 158 valence electrons.